The summed E-state index contributed by atoms with van der Waals surface area (Å²) in [4.78, 5) is 15.8. The van der Waals surface area contributed by atoms with Crippen LogP contribution in [0.3, 0.4) is 0 Å². The van der Waals surface area contributed by atoms with E-state index in [1.807, 2.05) is 6.92 Å². The number of hydrogen-bond donors (Lipinski definition) is 0. The molecule has 0 aliphatic rings. The molecule has 1 heterocycles. The van der Waals surface area contributed by atoms with Crippen LogP contribution < -0.4 is 5.56 Å². The van der Waals surface area contributed by atoms with Crippen molar-refractivity contribution < 1.29 is 0 Å². The van der Waals surface area contributed by atoms with E-state index in [0.717, 1.165) is 18.5 Å². The first-order chi connectivity index (χ1) is 6.20. The summed E-state index contributed by atoms with van der Waals surface area (Å²) in [5.74, 6) is 0. The molecule has 4 heteroatoms. The van der Waals surface area contributed by atoms with Crippen molar-refractivity contribution in [3.8, 4) is 0 Å². The Labute approximate surface area is 85.9 Å². The van der Waals surface area contributed by atoms with Crippen molar-refractivity contribution in [3.05, 3.63) is 26.8 Å². The molecule has 0 saturated heterocycles. The van der Waals surface area contributed by atoms with Gasteiger partial charge in [-0.1, -0.05) is 13.3 Å². The average Bonchev–Trinajstić information content (AvgIpc) is 2.14. The van der Waals surface area contributed by atoms with E-state index >= 15 is 0 Å². The monoisotopic (exact) mass is 244 g/mol. The van der Waals surface area contributed by atoms with Gasteiger partial charge in [0, 0.05) is 6.54 Å². The van der Waals surface area contributed by atoms with Gasteiger partial charge >= 0.3 is 0 Å². The summed E-state index contributed by atoms with van der Waals surface area (Å²) in [7, 11) is 0. The highest BCUT2D eigenvalue weighted by molar-refractivity contribution is 9.10. The van der Waals surface area contributed by atoms with Crippen molar-refractivity contribution >= 4 is 15.9 Å². The fraction of sp³-hybridized carbons (Fsp3) is 0.556. The summed E-state index contributed by atoms with van der Waals surface area (Å²) in [6.07, 6.45) is 3.46. The lowest BCUT2D eigenvalue weighted by atomic mass is 10.2. The summed E-state index contributed by atoms with van der Waals surface area (Å²) in [6.45, 7) is 4.66. The first-order valence-electron chi connectivity index (χ1n) is 4.44. The third-order valence-corrected chi connectivity index (χ3v) is 2.68. The van der Waals surface area contributed by atoms with Crippen molar-refractivity contribution in [1.82, 2.24) is 9.55 Å². The molecule has 3 nitrogen and oxygen atoms in total. The lowest BCUT2D eigenvalue weighted by molar-refractivity contribution is 0.687. The van der Waals surface area contributed by atoms with E-state index in [9.17, 15) is 4.79 Å². The number of aromatic nitrogens is 2. The van der Waals surface area contributed by atoms with Crippen LogP contribution in [0, 0.1) is 0 Å². The maximum atomic E-state index is 11.6. The van der Waals surface area contributed by atoms with E-state index < -0.39 is 0 Å². The number of nitrogens with zero attached hydrogens (tertiary/aromatic N) is 2. The molecule has 1 rings (SSSR count). The van der Waals surface area contributed by atoms with Gasteiger partial charge in [-0.2, -0.15) is 0 Å². The highest BCUT2D eigenvalue weighted by Crippen LogP contribution is 2.10. The van der Waals surface area contributed by atoms with Crippen molar-refractivity contribution in [2.75, 3.05) is 0 Å². The first kappa shape index (κ1) is 10.4. The van der Waals surface area contributed by atoms with E-state index in [1.165, 1.54) is 0 Å². The predicted octanol–water partition coefficient (Wildman–Crippen LogP) is 1.98. The Hall–Kier alpha value is -0.640. The molecule has 1 aromatic rings. The molecule has 1 aromatic heterocycles. The standard InChI is InChI=1S/C9H13BrN2O/c1-3-5-7-8(10)9(13)12(4-2)6-11-7/h6H,3-5H2,1-2H3. The molecule has 0 fully saturated rings. The molecule has 0 aliphatic carbocycles. The molecular formula is C9H13BrN2O. The summed E-state index contributed by atoms with van der Waals surface area (Å²) in [5.41, 5.74) is 0.873. The summed E-state index contributed by atoms with van der Waals surface area (Å²) in [5, 5.41) is 0. The zero-order chi connectivity index (χ0) is 9.84. The van der Waals surface area contributed by atoms with Gasteiger partial charge in [-0.25, -0.2) is 4.98 Å². The van der Waals surface area contributed by atoms with Gasteiger partial charge < -0.3 is 0 Å². The highest BCUT2D eigenvalue weighted by atomic mass is 79.9. The van der Waals surface area contributed by atoms with Crippen LogP contribution in [-0.4, -0.2) is 9.55 Å². The van der Waals surface area contributed by atoms with Crippen LogP contribution >= 0.6 is 15.9 Å². The number of rotatable bonds is 3. The minimum atomic E-state index is 0.0148. The SMILES string of the molecule is CCCc1ncn(CC)c(=O)c1Br. The fourth-order valence-electron chi connectivity index (χ4n) is 1.13. The Balaban J connectivity index is 3.15. The molecule has 72 valence electrons. The highest BCUT2D eigenvalue weighted by Gasteiger charge is 2.06. The van der Waals surface area contributed by atoms with Gasteiger partial charge in [0.2, 0.25) is 0 Å². The van der Waals surface area contributed by atoms with Gasteiger partial charge in [-0.15, -0.1) is 0 Å². The predicted molar refractivity (Wildman–Crippen MR) is 55.9 cm³/mol. The summed E-state index contributed by atoms with van der Waals surface area (Å²) < 4.78 is 2.20. The summed E-state index contributed by atoms with van der Waals surface area (Å²) >= 11 is 3.28. The van der Waals surface area contributed by atoms with Crippen LogP contribution in [0.15, 0.2) is 15.6 Å². The van der Waals surface area contributed by atoms with Gasteiger partial charge in [0.1, 0.15) is 4.47 Å². The van der Waals surface area contributed by atoms with Crippen LogP contribution in [0.25, 0.3) is 0 Å². The smallest absolute Gasteiger partial charge is 0.267 e. The largest absolute Gasteiger partial charge is 0.299 e. The van der Waals surface area contributed by atoms with Crippen molar-refractivity contribution in [1.29, 1.82) is 0 Å². The molecule has 0 aromatic carbocycles. The third kappa shape index (κ3) is 2.18. The number of hydrogen-bond acceptors (Lipinski definition) is 2. The van der Waals surface area contributed by atoms with E-state index in [2.05, 4.69) is 27.8 Å². The maximum absolute atomic E-state index is 11.6. The number of halogens is 1. The molecule has 0 unspecified atom stereocenters. The van der Waals surface area contributed by atoms with E-state index in [0.29, 0.717) is 11.0 Å². The molecule has 13 heavy (non-hydrogen) atoms. The summed E-state index contributed by atoms with van der Waals surface area (Å²) in [6, 6.07) is 0. The topological polar surface area (TPSA) is 34.9 Å². The number of aryl methyl sites for hydroxylation is 2. The van der Waals surface area contributed by atoms with E-state index in [-0.39, 0.29) is 5.56 Å². The average molecular weight is 245 g/mol. The Bertz CT molecular complexity index is 346. The lowest BCUT2D eigenvalue weighted by Crippen LogP contribution is -2.21. The van der Waals surface area contributed by atoms with Crippen molar-refractivity contribution in [2.45, 2.75) is 33.2 Å². The zero-order valence-corrected chi connectivity index (χ0v) is 9.47. The van der Waals surface area contributed by atoms with Gasteiger partial charge in [0.25, 0.3) is 5.56 Å². The molecule has 0 atom stereocenters. The fourth-order valence-corrected chi connectivity index (χ4v) is 1.66. The Kier molecular flexibility index (Phi) is 3.66. The molecule has 0 bridgehead atoms. The van der Waals surface area contributed by atoms with Crippen LogP contribution in [-0.2, 0) is 13.0 Å². The van der Waals surface area contributed by atoms with Gasteiger partial charge in [-0.05, 0) is 29.3 Å². The minimum absolute atomic E-state index is 0.0148. The van der Waals surface area contributed by atoms with Crippen LogP contribution in [0.4, 0.5) is 0 Å². The van der Waals surface area contributed by atoms with Crippen LogP contribution in [0.5, 0.6) is 0 Å². The Morgan fingerprint density at radius 1 is 1.54 bits per heavy atom. The first-order valence-corrected chi connectivity index (χ1v) is 5.23. The second-order valence-corrected chi connectivity index (χ2v) is 3.64. The quantitative estimate of drug-likeness (QED) is 0.816. The van der Waals surface area contributed by atoms with Crippen molar-refractivity contribution in [2.24, 2.45) is 0 Å². The normalized spacial score (nSPS) is 10.4. The molecule has 0 N–H and O–H groups in total. The van der Waals surface area contributed by atoms with Crippen LogP contribution in [0.2, 0.25) is 0 Å². The lowest BCUT2D eigenvalue weighted by Gasteiger charge is -2.04. The Morgan fingerprint density at radius 3 is 2.77 bits per heavy atom. The van der Waals surface area contributed by atoms with E-state index in [4.69, 9.17) is 0 Å². The molecule has 0 amide bonds. The van der Waals surface area contributed by atoms with E-state index in [1.54, 1.807) is 10.9 Å². The second-order valence-electron chi connectivity index (χ2n) is 2.85. The third-order valence-electron chi connectivity index (χ3n) is 1.88. The van der Waals surface area contributed by atoms with Crippen molar-refractivity contribution in [3.63, 3.8) is 0 Å². The molecular weight excluding hydrogens is 232 g/mol. The van der Waals surface area contributed by atoms with Gasteiger partial charge in [0.05, 0.1) is 12.0 Å². The molecule has 0 aliphatic heterocycles. The molecule has 0 radical (unpaired) electrons. The zero-order valence-electron chi connectivity index (χ0n) is 7.88. The molecule has 0 spiro atoms. The van der Waals surface area contributed by atoms with Crippen LogP contribution in [0.1, 0.15) is 26.0 Å². The van der Waals surface area contributed by atoms with Gasteiger partial charge in [-0.3, -0.25) is 9.36 Å². The minimum Gasteiger partial charge on any atom is -0.299 e. The van der Waals surface area contributed by atoms with Gasteiger partial charge in [0.15, 0.2) is 0 Å². The second kappa shape index (κ2) is 4.56. The molecule has 0 saturated carbocycles. The maximum Gasteiger partial charge on any atom is 0.267 e. The Morgan fingerprint density at radius 2 is 2.23 bits per heavy atom.